The Labute approximate surface area is 243 Å². The molecular formula is C30H45BN4O6. The molecule has 41 heavy (non-hydrogen) atoms. The number of carbonyl (C=O) groups excluding carboxylic acids is 2. The number of aromatic nitrogens is 1. The average molecular weight is 569 g/mol. The fourth-order valence-electron chi connectivity index (χ4n) is 7.74. The summed E-state index contributed by atoms with van der Waals surface area (Å²) < 4.78 is 13.1. The Morgan fingerprint density at radius 1 is 1.20 bits per heavy atom. The zero-order valence-electron chi connectivity index (χ0n) is 24.7. The Bertz CT molecular complexity index is 1110. The minimum atomic E-state index is -0.871. The van der Waals surface area contributed by atoms with Gasteiger partial charge in [0.15, 0.2) is 0 Å². The lowest BCUT2D eigenvalue weighted by molar-refractivity contribution is -0.199. The van der Waals surface area contributed by atoms with Crippen LogP contribution in [0.5, 0.6) is 0 Å². The number of hydrogen-bond donors (Lipinski definition) is 2. The van der Waals surface area contributed by atoms with Gasteiger partial charge in [-0.05, 0) is 81.4 Å². The normalized spacial score (nSPS) is 29.8. The Hall–Kier alpha value is -2.50. The highest BCUT2D eigenvalue weighted by Gasteiger charge is 2.69. The van der Waals surface area contributed by atoms with Gasteiger partial charge in [0.05, 0.1) is 36.4 Å². The molecule has 3 heterocycles. The van der Waals surface area contributed by atoms with Gasteiger partial charge in [-0.3, -0.25) is 24.3 Å². The first-order valence-electron chi connectivity index (χ1n) is 15.3. The molecule has 2 saturated heterocycles. The maximum atomic E-state index is 13.1. The number of hydrogen-bond acceptors (Lipinski definition) is 7. The van der Waals surface area contributed by atoms with E-state index < -0.39 is 13.1 Å². The van der Waals surface area contributed by atoms with Crippen LogP contribution >= 0.6 is 0 Å². The Morgan fingerprint density at radius 2 is 2.02 bits per heavy atom. The summed E-state index contributed by atoms with van der Waals surface area (Å²) in [6.07, 6.45) is 8.36. The molecule has 2 amide bonds. The number of carbonyl (C=O) groups is 3. The van der Waals surface area contributed by atoms with Crippen LogP contribution in [0.15, 0.2) is 24.4 Å². The lowest BCUT2D eigenvalue weighted by Crippen LogP contribution is -2.65. The topological polar surface area (TPSA) is 121 Å². The molecule has 3 saturated carbocycles. The summed E-state index contributed by atoms with van der Waals surface area (Å²) in [5.74, 6) is -0.0452. The molecule has 2 N–H and O–H groups in total. The van der Waals surface area contributed by atoms with Crippen molar-refractivity contribution in [2.24, 2.45) is 17.3 Å². The lowest BCUT2D eigenvalue weighted by atomic mass is 9.43. The SMILES string of the molecule is CC1(C)C2C[C@H]1C[C@H]1OB(C3CCCN3C(=O)CNC(=O)CCCCCN(CC(=O)O)Cc3ccccn3)O[C@@]21C. The Kier molecular flexibility index (Phi) is 9.06. The molecule has 2 unspecified atom stereocenters. The van der Waals surface area contributed by atoms with E-state index >= 15 is 0 Å². The zero-order valence-corrected chi connectivity index (χ0v) is 24.7. The van der Waals surface area contributed by atoms with Crippen molar-refractivity contribution < 1.29 is 28.8 Å². The van der Waals surface area contributed by atoms with Gasteiger partial charge < -0.3 is 24.6 Å². The summed E-state index contributed by atoms with van der Waals surface area (Å²) in [6, 6.07) is 5.60. The third kappa shape index (κ3) is 6.47. The molecule has 11 heteroatoms. The average Bonchev–Trinajstić information content (AvgIpc) is 3.55. The van der Waals surface area contributed by atoms with Crippen molar-refractivity contribution in [2.75, 3.05) is 26.2 Å². The van der Waals surface area contributed by atoms with Crippen LogP contribution in [-0.4, -0.2) is 88.6 Å². The molecule has 5 atom stereocenters. The van der Waals surface area contributed by atoms with Crippen molar-refractivity contribution in [1.29, 1.82) is 0 Å². The number of unbranched alkanes of at least 4 members (excludes halogenated alkanes) is 2. The van der Waals surface area contributed by atoms with E-state index in [1.54, 1.807) is 6.20 Å². The summed E-state index contributed by atoms with van der Waals surface area (Å²) in [5.41, 5.74) is 0.811. The van der Waals surface area contributed by atoms with Crippen LogP contribution in [0.2, 0.25) is 0 Å². The molecule has 2 bridgehead atoms. The van der Waals surface area contributed by atoms with Crippen molar-refractivity contribution in [1.82, 2.24) is 20.1 Å². The predicted molar refractivity (Wildman–Crippen MR) is 153 cm³/mol. The largest absolute Gasteiger partial charge is 0.481 e. The second kappa shape index (κ2) is 12.4. The molecule has 0 spiro atoms. The number of aliphatic carboxylic acids is 1. The molecule has 224 valence electrons. The highest BCUT2D eigenvalue weighted by atomic mass is 16.7. The summed E-state index contributed by atoms with van der Waals surface area (Å²) >= 11 is 0. The first kappa shape index (κ1) is 30.0. The number of amides is 2. The van der Waals surface area contributed by atoms with E-state index in [2.05, 4.69) is 31.1 Å². The molecule has 0 aromatic carbocycles. The number of carboxylic acids is 1. The van der Waals surface area contributed by atoms with Crippen molar-refractivity contribution in [2.45, 2.75) is 96.3 Å². The molecule has 2 aliphatic heterocycles. The first-order valence-corrected chi connectivity index (χ1v) is 15.3. The van der Waals surface area contributed by atoms with Gasteiger partial charge in [-0.2, -0.15) is 0 Å². The van der Waals surface area contributed by atoms with Crippen LogP contribution in [0.3, 0.4) is 0 Å². The minimum Gasteiger partial charge on any atom is -0.480 e. The molecule has 1 aromatic rings. The van der Waals surface area contributed by atoms with Gasteiger partial charge in [-0.15, -0.1) is 0 Å². The fraction of sp³-hybridized carbons (Fsp3) is 0.733. The van der Waals surface area contributed by atoms with E-state index in [4.69, 9.17) is 9.31 Å². The van der Waals surface area contributed by atoms with Crippen LogP contribution in [0.4, 0.5) is 0 Å². The quantitative estimate of drug-likeness (QED) is 0.275. The van der Waals surface area contributed by atoms with E-state index in [0.717, 1.165) is 37.8 Å². The number of nitrogens with one attached hydrogen (secondary N) is 1. The van der Waals surface area contributed by atoms with Gasteiger partial charge in [0.1, 0.15) is 0 Å². The van der Waals surface area contributed by atoms with Crippen LogP contribution in [0.1, 0.15) is 77.8 Å². The van der Waals surface area contributed by atoms with Crippen LogP contribution in [0, 0.1) is 17.3 Å². The smallest absolute Gasteiger partial charge is 0.480 e. The number of carboxylic acid groups (broad SMARTS) is 1. The maximum Gasteiger partial charge on any atom is 0.481 e. The minimum absolute atomic E-state index is 0.0169. The van der Waals surface area contributed by atoms with E-state index in [1.807, 2.05) is 28.0 Å². The van der Waals surface area contributed by atoms with E-state index in [-0.39, 0.29) is 48.0 Å². The van der Waals surface area contributed by atoms with Crippen molar-refractivity contribution in [3.8, 4) is 0 Å². The van der Waals surface area contributed by atoms with Gasteiger partial charge in [-0.1, -0.05) is 26.3 Å². The third-order valence-electron chi connectivity index (χ3n) is 10.2. The van der Waals surface area contributed by atoms with Gasteiger partial charge in [0.25, 0.3) is 0 Å². The van der Waals surface area contributed by atoms with Crippen molar-refractivity contribution >= 4 is 24.9 Å². The summed E-state index contributed by atoms with van der Waals surface area (Å²) in [7, 11) is -0.402. The van der Waals surface area contributed by atoms with E-state index in [9.17, 15) is 19.5 Å². The van der Waals surface area contributed by atoms with Crippen LogP contribution in [0.25, 0.3) is 0 Å². The Morgan fingerprint density at radius 3 is 2.76 bits per heavy atom. The summed E-state index contributed by atoms with van der Waals surface area (Å²) in [4.78, 5) is 44.8. The third-order valence-corrected chi connectivity index (χ3v) is 10.2. The summed E-state index contributed by atoms with van der Waals surface area (Å²) in [6.45, 7) is 8.57. The number of pyridine rings is 1. The van der Waals surface area contributed by atoms with Gasteiger partial charge in [-0.25, -0.2) is 0 Å². The highest BCUT2D eigenvalue weighted by molar-refractivity contribution is 6.48. The predicted octanol–water partition coefficient (Wildman–Crippen LogP) is 2.90. The van der Waals surface area contributed by atoms with Crippen LogP contribution in [-0.2, 0) is 30.2 Å². The number of nitrogens with zero attached hydrogens (tertiary/aromatic N) is 3. The molecular weight excluding hydrogens is 523 g/mol. The highest BCUT2D eigenvalue weighted by Crippen LogP contribution is 2.65. The lowest BCUT2D eigenvalue weighted by Gasteiger charge is -2.64. The fourth-order valence-corrected chi connectivity index (χ4v) is 7.74. The van der Waals surface area contributed by atoms with Crippen LogP contribution < -0.4 is 5.32 Å². The molecule has 6 rings (SSSR count). The number of rotatable bonds is 13. The molecule has 10 nitrogen and oxygen atoms in total. The monoisotopic (exact) mass is 568 g/mol. The molecule has 5 fully saturated rings. The summed E-state index contributed by atoms with van der Waals surface area (Å²) in [5, 5.41) is 12.0. The molecule has 5 aliphatic rings. The first-order chi connectivity index (χ1) is 19.6. The van der Waals surface area contributed by atoms with Gasteiger partial charge >= 0.3 is 13.1 Å². The Balaban J connectivity index is 1.01. The standard InChI is InChI=1S/C30H45BN4O6/c1-29(2)21-16-23(29)30(3)24(17-21)40-31(41-30)25-11-9-15-35(25)27(37)18-33-26(36)12-5-4-8-14-34(20-28(38)39)19-22-10-6-7-13-32-22/h6-7,10,13,21,23-25H,4-5,8-9,11-12,14-20H2,1-3H3,(H,33,36)(H,38,39)/t21-,23?,24+,25?,30-/m0/s1. The van der Waals surface area contributed by atoms with Gasteiger partial charge in [0.2, 0.25) is 11.8 Å². The molecule has 0 radical (unpaired) electrons. The second-order valence-corrected chi connectivity index (χ2v) is 13.1. The van der Waals surface area contributed by atoms with Crippen molar-refractivity contribution in [3.05, 3.63) is 30.1 Å². The second-order valence-electron chi connectivity index (χ2n) is 13.1. The van der Waals surface area contributed by atoms with E-state index in [1.165, 1.54) is 6.42 Å². The number of likely N-dealkylation sites (tertiary alicyclic amines) is 1. The maximum absolute atomic E-state index is 13.1. The molecule has 3 aliphatic carbocycles. The van der Waals surface area contributed by atoms with Crippen molar-refractivity contribution in [3.63, 3.8) is 0 Å². The van der Waals surface area contributed by atoms with Gasteiger partial charge in [0, 0.05) is 25.7 Å². The molecule has 1 aromatic heterocycles. The zero-order chi connectivity index (χ0) is 29.2. The van der Waals surface area contributed by atoms with E-state index in [0.29, 0.717) is 44.3 Å².